The van der Waals surface area contributed by atoms with Gasteiger partial charge in [0.25, 0.3) is 0 Å². The predicted molar refractivity (Wildman–Crippen MR) is 74.0 cm³/mol. The normalized spacial score (nSPS) is 13.9. The first-order valence-electron chi connectivity index (χ1n) is 5.86. The molecule has 0 heterocycles. The van der Waals surface area contributed by atoms with Gasteiger partial charge in [-0.2, -0.15) is 11.8 Å². The van der Waals surface area contributed by atoms with Gasteiger partial charge in [-0.15, -0.1) is 0 Å². The van der Waals surface area contributed by atoms with E-state index in [1.54, 1.807) is 0 Å². The highest BCUT2D eigenvalue weighted by Gasteiger charge is 2.08. The van der Waals surface area contributed by atoms with E-state index in [4.69, 9.17) is 0 Å². The molecule has 0 bridgehead atoms. The molecule has 3 nitrogen and oxygen atoms in total. The van der Waals surface area contributed by atoms with E-state index >= 15 is 0 Å². The Hall–Kier alpha value is 0.260. The molecule has 0 aromatic heterocycles. The van der Waals surface area contributed by atoms with Gasteiger partial charge in [0.2, 0.25) is 0 Å². The third kappa shape index (κ3) is 12.3. The van der Waals surface area contributed by atoms with Crippen molar-refractivity contribution in [2.45, 2.75) is 38.6 Å². The molecule has 1 atom stereocenters. The van der Waals surface area contributed by atoms with E-state index in [2.05, 4.69) is 11.6 Å². The monoisotopic (exact) mass is 267 g/mol. The predicted octanol–water partition coefficient (Wildman–Crippen LogP) is 1.93. The molecule has 98 valence electrons. The van der Waals surface area contributed by atoms with Crippen LogP contribution in [0.2, 0.25) is 0 Å². The third-order valence-corrected chi connectivity index (χ3v) is 4.12. The fourth-order valence-corrected chi connectivity index (χ4v) is 3.11. The topological polar surface area (TPSA) is 46.2 Å². The lowest BCUT2D eigenvalue weighted by Crippen LogP contribution is -2.33. The zero-order valence-electron chi connectivity index (χ0n) is 10.7. The summed E-state index contributed by atoms with van der Waals surface area (Å²) in [6.45, 7) is 2.85. The maximum atomic E-state index is 11.0. The highest BCUT2D eigenvalue weighted by atomic mass is 32.2. The molecule has 0 amide bonds. The second-order valence-electron chi connectivity index (χ2n) is 4.35. The SMILES string of the molecule is CSCCCCCCNC(C)CS(C)(=O)=O. The number of unbranched alkanes of at least 4 members (excludes halogenated alkanes) is 3. The van der Waals surface area contributed by atoms with Gasteiger partial charge >= 0.3 is 0 Å². The lowest BCUT2D eigenvalue weighted by atomic mass is 10.2. The minimum Gasteiger partial charge on any atom is -0.313 e. The van der Waals surface area contributed by atoms with Gasteiger partial charge in [0.1, 0.15) is 9.84 Å². The van der Waals surface area contributed by atoms with Crippen LogP contribution >= 0.6 is 11.8 Å². The number of sulfone groups is 1. The summed E-state index contributed by atoms with van der Waals surface area (Å²) in [6.07, 6.45) is 8.37. The van der Waals surface area contributed by atoms with E-state index in [9.17, 15) is 8.42 Å². The summed E-state index contributed by atoms with van der Waals surface area (Å²) in [5.74, 6) is 1.48. The van der Waals surface area contributed by atoms with E-state index in [0.717, 1.165) is 13.0 Å². The average molecular weight is 267 g/mol. The second-order valence-corrected chi connectivity index (χ2v) is 7.53. The van der Waals surface area contributed by atoms with E-state index in [1.165, 1.54) is 31.3 Å². The molecule has 0 saturated heterocycles. The Morgan fingerprint density at radius 2 is 1.81 bits per heavy atom. The van der Waals surface area contributed by atoms with E-state index < -0.39 is 9.84 Å². The first-order valence-corrected chi connectivity index (χ1v) is 9.31. The molecular formula is C11H25NO2S2. The number of rotatable bonds is 10. The van der Waals surface area contributed by atoms with Crippen molar-refractivity contribution >= 4 is 21.6 Å². The molecular weight excluding hydrogens is 242 g/mol. The molecule has 0 aliphatic rings. The molecule has 0 fully saturated rings. The molecule has 0 aliphatic heterocycles. The van der Waals surface area contributed by atoms with Gasteiger partial charge in [-0.3, -0.25) is 0 Å². The van der Waals surface area contributed by atoms with Gasteiger partial charge in [0, 0.05) is 12.3 Å². The second kappa shape index (κ2) is 9.31. The van der Waals surface area contributed by atoms with Crippen molar-refractivity contribution in [2.24, 2.45) is 0 Å². The van der Waals surface area contributed by atoms with Crippen LogP contribution in [0.4, 0.5) is 0 Å². The molecule has 0 radical (unpaired) electrons. The van der Waals surface area contributed by atoms with Crippen LogP contribution < -0.4 is 5.32 Å². The lowest BCUT2D eigenvalue weighted by Gasteiger charge is -2.12. The standard InChI is InChI=1S/C11H25NO2S2/c1-11(10-16(3,13)14)12-8-6-4-5-7-9-15-2/h11-12H,4-10H2,1-3H3. The van der Waals surface area contributed by atoms with E-state index in [-0.39, 0.29) is 11.8 Å². The largest absolute Gasteiger partial charge is 0.313 e. The van der Waals surface area contributed by atoms with Crippen LogP contribution in [-0.2, 0) is 9.84 Å². The van der Waals surface area contributed by atoms with Crippen molar-refractivity contribution in [3.05, 3.63) is 0 Å². The smallest absolute Gasteiger partial charge is 0.148 e. The van der Waals surface area contributed by atoms with Gasteiger partial charge in [-0.05, 0) is 38.3 Å². The van der Waals surface area contributed by atoms with Crippen molar-refractivity contribution in [3.8, 4) is 0 Å². The van der Waals surface area contributed by atoms with Gasteiger partial charge in [-0.25, -0.2) is 8.42 Å². The first-order chi connectivity index (χ1) is 7.45. The zero-order valence-corrected chi connectivity index (χ0v) is 12.3. The van der Waals surface area contributed by atoms with Crippen molar-refractivity contribution in [2.75, 3.05) is 30.6 Å². The molecule has 0 saturated carbocycles. The maximum absolute atomic E-state index is 11.0. The van der Waals surface area contributed by atoms with E-state index in [0.29, 0.717) is 0 Å². The fraction of sp³-hybridized carbons (Fsp3) is 1.00. The van der Waals surface area contributed by atoms with Gasteiger partial charge in [-0.1, -0.05) is 12.8 Å². The van der Waals surface area contributed by atoms with Crippen molar-refractivity contribution in [1.82, 2.24) is 5.32 Å². The number of hydrogen-bond acceptors (Lipinski definition) is 4. The van der Waals surface area contributed by atoms with Crippen LogP contribution in [0.15, 0.2) is 0 Å². The van der Waals surface area contributed by atoms with Crippen molar-refractivity contribution in [1.29, 1.82) is 0 Å². The van der Waals surface area contributed by atoms with Crippen LogP contribution in [0, 0.1) is 0 Å². The molecule has 1 unspecified atom stereocenters. The van der Waals surface area contributed by atoms with Crippen LogP contribution in [0.3, 0.4) is 0 Å². The van der Waals surface area contributed by atoms with Gasteiger partial charge in [0.05, 0.1) is 5.75 Å². The molecule has 0 spiro atoms. The van der Waals surface area contributed by atoms with Crippen LogP contribution in [0.1, 0.15) is 32.6 Å². The van der Waals surface area contributed by atoms with Crippen LogP contribution in [0.5, 0.6) is 0 Å². The summed E-state index contributed by atoms with van der Waals surface area (Å²) in [6, 6.07) is 0.0706. The summed E-state index contributed by atoms with van der Waals surface area (Å²) in [7, 11) is -2.84. The first kappa shape index (κ1) is 16.3. The van der Waals surface area contributed by atoms with Crippen LogP contribution in [-0.4, -0.2) is 45.0 Å². The Morgan fingerprint density at radius 1 is 1.19 bits per heavy atom. The van der Waals surface area contributed by atoms with Gasteiger partial charge < -0.3 is 5.32 Å². The maximum Gasteiger partial charge on any atom is 0.148 e. The number of hydrogen-bond donors (Lipinski definition) is 1. The molecule has 0 aliphatic carbocycles. The Morgan fingerprint density at radius 3 is 2.38 bits per heavy atom. The molecule has 1 N–H and O–H groups in total. The quantitative estimate of drug-likeness (QED) is 0.614. The molecule has 0 rings (SSSR count). The fourth-order valence-electron chi connectivity index (χ4n) is 1.59. The highest BCUT2D eigenvalue weighted by molar-refractivity contribution is 7.98. The summed E-state index contributed by atoms with van der Waals surface area (Å²) in [5, 5.41) is 3.25. The van der Waals surface area contributed by atoms with Gasteiger partial charge in [0.15, 0.2) is 0 Å². The number of thioether (sulfide) groups is 1. The summed E-state index contributed by atoms with van der Waals surface area (Å²) < 4.78 is 22.0. The molecule has 0 aromatic rings. The Bertz CT molecular complexity index is 253. The molecule has 16 heavy (non-hydrogen) atoms. The number of nitrogens with one attached hydrogen (secondary N) is 1. The average Bonchev–Trinajstić information content (AvgIpc) is 2.13. The summed E-state index contributed by atoms with van der Waals surface area (Å²) in [5.41, 5.74) is 0. The summed E-state index contributed by atoms with van der Waals surface area (Å²) in [4.78, 5) is 0. The third-order valence-electron chi connectivity index (χ3n) is 2.32. The molecule has 0 aromatic carbocycles. The lowest BCUT2D eigenvalue weighted by molar-refractivity contribution is 0.536. The van der Waals surface area contributed by atoms with Crippen LogP contribution in [0.25, 0.3) is 0 Å². The minimum atomic E-state index is -2.84. The summed E-state index contributed by atoms with van der Waals surface area (Å²) >= 11 is 1.89. The Kier molecular flexibility index (Phi) is 9.46. The van der Waals surface area contributed by atoms with Crippen molar-refractivity contribution in [3.63, 3.8) is 0 Å². The molecule has 5 heteroatoms. The zero-order chi connectivity index (χ0) is 12.4. The Labute approximate surface area is 105 Å². The Balaban J connectivity index is 3.31. The highest BCUT2D eigenvalue weighted by Crippen LogP contribution is 2.04. The minimum absolute atomic E-state index is 0.0706. The van der Waals surface area contributed by atoms with Crippen molar-refractivity contribution < 1.29 is 8.42 Å². The van der Waals surface area contributed by atoms with E-state index in [1.807, 2.05) is 18.7 Å².